The van der Waals surface area contributed by atoms with E-state index in [2.05, 4.69) is 21.4 Å². The van der Waals surface area contributed by atoms with Crippen LogP contribution in [-0.4, -0.2) is 39.8 Å². The van der Waals surface area contributed by atoms with E-state index in [9.17, 15) is 9.59 Å². The van der Waals surface area contributed by atoms with E-state index in [-0.39, 0.29) is 17.7 Å². The van der Waals surface area contributed by atoms with Crippen molar-refractivity contribution in [2.75, 3.05) is 18.4 Å². The number of piperidine rings is 1. The Balaban J connectivity index is 1.33. The van der Waals surface area contributed by atoms with E-state index in [4.69, 9.17) is 0 Å². The van der Waals surface area contributed by atoms with Crippen LogP contribution in [0.3, 0.4) is 0 Å². The number of rotatable bonds is 5. The van der Waals surface area contributed by atoms with Crippen LogP contribution in [0.5, 0.6) is 0 Å². The SMILES string of the molecule is O=C(Nc1cccnc1)[C@@H]1CCCN(C(=O)CCc2c[nH]c3ccccc23)C1. The van der Waals surface area contributed by atoms with Gasteiger partial charge in [-0.2, -0.15) is 0 Å². The Morgan fingerprint density at radius 1 is 1.21 bits per heavy atom. The molecule has 0 spiro atoms. The molecule has 144 valence electrons. The Hall–Kier alpha value is -3.15. The van der Waals surface area contributed by atoms with Gasteiger partial charge in [0.15, 0.2) is 0 Å². The summed E-state index contributed by atoms with van der Waals surface area (Å²) in [5, 5.41) is 4.07. The number of nitrogens with zero attached hydrogens (tertiary/aromatic N) is 2. The number of aryl methyl sites for hydroxylation is 1. The minimum atomic E-state index is -0.175. The van der Waals surface area contributed by atoms with Crippen LogP contribution in [0.25, 0.3) is 10.9 Å². The number of likely N-dealkylation sites (tertiary alicyclic amines) is 1. The molecular formula is C22H24N4O2. The Morgan fingerprint density at radius 2 is 2.11 bits per heavy atom. The van der Waals surface area contributed by atoms with E-state index in [1.165, 1.54) is 5.39 Å². The van der Waals surface area contributed by atoms with Gasteiger partial charge in [0.2, 0.25) is 11.8 Å². The fourth-order valence-electron chi connectivity index (χ4n) is 3.84. The van der Waals surface area contributed by atoms with Crippen LogP contribution >= 0.6 is 0 Å². The normalized spacial score (nSPS) is 16.9. The average molecular weight is 376 g/mol. The summed E-state index contributed by atoms with van der Waals surface area (Å²) in [6.45, 7) is 1.21. The lowest BCUT2D eigenvalue weighted by molar-refractivity contribution is -0.134. The number of fused-ring (bicyclic) bond motifs is 1. The number of pyridine rings is 1. The molecule has 3 heterocycles. The van der Waals surface area contributed by atoms with Crippen molar-refractivity contribution in [1.82, 2.24) is 14.9 Å². The molecule has 1 aliphatic rings. The van der Waals surface area contributed by atoms with Crippen LogP contribution in [0, 0.1) is 5.92 Å². The van der Waals surface area contributed by atoms with Gasteiger partial charge in [-0.25, -0.2) is 0 Å². The smallest absolute Gasteiger partial charge is 0.229 e. The largest absolute Gasteiger partial charge is 0.361 e. The van der Waals surface area contributed by atoms with Crippen molar-refractivity contribution in [2.24, 2.45) is 5.92 Å². The molecule has 1 atom stereocenters. The summed E-state index contributed by atoms with van der Waals surface area (Å²) in [5.74, 6) is -0.0997. The first-order valence-electron chi connectivity index (χ1n) is 9.74. The number of aromatic amines is 1. The summed E-state index contributed by atoms with van der Waals surface area (Å²) < 4.78 is 0. The second-order valence-electron chi connectivity index (χ2n) is 7.27. The standard InChI is InChI=1S/C22H24N4O2/c27-21(10-9-16-13-24-20-8-2-1-7-19(16)20)26-12-4-5-17(15-26)22(28)25-18-6-3-11-23-14-18/h1-3,6-8,11,13-14,17,24H,4-5,9-10,12,15H2,(H,25,28)/t17-/m1/s1. The van der Waals surface area contributed by atoms with Crippen molar-refractivity contribution < 1.29 is 9.59 Å². The molecule has 6 heteroatoms. The topological polar surface area (TPSA) is 78.1 Å². The Morgan fingerprint density at radius 3 is 2.96 bits per heavy atom. The second-order valence-corrected chi connectivity index (χ2v) is 7.27. The predicted molar refractivity (Wildman–Crippen MR) is 109 cm³/mol. The maximum atomic E-state index is 12.7. The summed E-state index contributed by atoms with van der Waals surface area (Å²) in [6, 6.07) is 11.7. The molecule has 2 aromatic heterocycles. The van der Waals surface area contributed by atoms with Gasteiger partial charge in [0.1, 0.15) is 0 Å². The third-order valence-corrected chi connectivity index (χ3v) is 5.36. The molecule has 2 N–H and O–H groups in total. The lowest BCUT2D eigenvalue weighted by atomic mass is 9.96. The van der Waals surface area contributed by atoms with Gasteiger partial charge in [-0.3, -0.25) is 14.6 Å². The molecular weight excluding hydrogens is 352 g/mol. The van der Waals surface area contributed by atoms with Crippen LogP contribution in [-0.2, 0) is 16.0 Å². The third kappa shape index (κ3) is 4.06. The fourth-order valence-corrected chi connectivity index (χ4v) is 3.84. The van der Waals surface area contributed by atoms with Gasteiger partial charge in [0, 0.05) is 42.8 Å². The fraction of sp³-hybridized carbons (Fsp3) is 0.318. The van der Waals surface area contributed by atoms with E-state index in [0.717, 1.165) is 30.5 Å². The molecule has 28 heavy (non-hydrogen) atoms. The molecule has 1 fully saturated rings. The predicted octanol–water partition coefficient (Wildman–Crippen LogP) is 3.37. The zero-order valence-corrected chi connectivity index (χ0v) is 15.7. The second kappa shape index (κ2) is 8.25. The molecule has 6 nitrogen and oxygen atoms in total. The van der Waals surface area contributed by atoms with Gasteiger partial charge in [-0.05, 0) is 43.0 Å². The van der Waals surface area contributed by atoms with E-state index in [1.54, 1.807) is 18.5 Å². The van der Waals surface area contributed by atoms with E-state index < -0.39 is 0 Å². The van der Waals surface area contributed by atoms with E-state index in [1.807, 2.05) is 35.4 Å². The summed E-state index contributed by atoms with van der Waals surface area (Å²) >= 11 is 0. The number of para-hydroxylation sites is 1. The minimum absolute atomic E-state index is 0.0397. The molecule has 2 amide bonds. The number of aromatic nitrogens is 2. The number of carbonyl (C=O) groups excluding carboxylic acids is 2. The van der Waals surface area contributed by atoms with Crippen LogP contribution < -0.4 is 5.32 Å². The van der Waals surface area contributed by atoms with Gasteiger partial charge < -0.3 is 15.2 Å². The first-order chi connectivity index (χ1) is 13.7. The molecule has 4 rings (SSSR count). The lowest BCUT2D eigenvalue weighted by Crippen LogP contribution is -2.43. The highest BCUT2D eigenvalue weighted by Gasteiger charge is 2.28. The number of carbonyl (C=O) groups is 2. The van der Waals surface area contributed by atoms with Gasteiger partial charge >= 0.3 is 0 Å². The molecule has 0 saturated carbocycles. The van der Waals surface area contributed by atoms with Crippen LogP contribution in [0.4, 0.5) is 5.69 Å². The summed E-state index contributed by atoms with van der Waals surface area (Å²) in [5.41, 5.74) is 2.94. The molecule has 1 saturated heterocycles. The molecule has 3 aromatic rings. The number of amides is 2. The first-order valence-corrected chi connectivity index (χ1v) is 9.74. The zero-order chi connectivity index (χ0) is 19.3. The van der Waals surface area contributed by atoms with Gasteiger partial charge in [0.05, 0.1) is 17.8 Å². The van der Waals surface area contributed by atoms with E-state index in [0.29, 0.717) is 25.1 Å². The number of nitrogens with one attached hydrogen (secondary N) is 2. The first kappa shape index (κ1) is 18.2. The highest BCUT2D eigenvalue weighted by Crippen LogP contribution is 2.22. The van der Waals surface area contributed by atoms with Crippen LogP contribution in [0.2, 0.25) is 0 Å². The van der Waals surface area contributed by atoms with Crippen molar-refractivity contribution in [2.45, 2.75) is 25.7 Å². The summed E-state index contributed by atoms with van der Waals surface area (Å²) in [7, 11) is 0. The van der Waals surface area contributed by atoms with Crippen molar-refractivity contribution in [3.8, 4) is 0 Å². The molecule has 0 radical (unpaired) electrons. The maximum Gasteiger partial charge on any atom is 0.229 e. The molecule has 0 bridgehead atoms. The quantitative estimate of drug-likeness (QED) is 0.717. The van der Waals surface area contributed by atoms with E-state index >= 15 is 0 Å². The Bertz CT molecular complexity index is 967. The van der Waals surface area contributed by atoms with Gasteiger partial charge in [-0.15, -0.1) is 0 Å². The van der Waals surface area contributed by atoms with Crippen molar-refractivity contribution in [3.05, 3.63) is 60.6 Å². The monoisotopic (exact) mass is 376 g/mol. The third-order valence-electron chi connectivity index (χ3n) is 5.36. The van der Waals surface area contributed by atoms with Crippen molar-refractivity contribution >= 4 is 28.4 Å². The maximum absolute atomic E-state index is 12.7. The minimum Gasteiger partial charge on any atom is -0.361 e. The lowest BCUT2D eigenvalue weighted by Gasteiger charge is -2.32. The average Bonchev–Trinajstić information content (AvgIpc) is 3.16. The van der Waals surface area contributed by atoms with Gasteiger partial charge in [0.25, 0.3) is 0 Å². The van der Waals surface area contributed by atoms with Gasteiger partial charge in [-0.1, -0.05) is 18.2 Å². The molecule has 0 unspecified atom stereocenters. The number of hydrogen-bond donors (Lipinski definition) is 2. The summed E-state index contributed by atoms with van der Waals surface area (Å²) in [6.07, 6.45) is 8.10. The molecule has 1 aliphatic heterocycles. The van der Waals surface area contributed by atoms with Crippen LogP contribution in [0.1, 0.15) is 24.8 Å². The van der Waals surface area contributed by atoms with Crippen molar-refractivity contribution in [1.29, 1.82) is 0 Å². The zero-order valence-electron chi connectivity index (χ0n) is 15.7. The Kier molecular flexibility index (Phi) is 5.37. The number of H-pyrrole nitrogens is 1. The number of anilines is 1. The van der Waals surface area contributed by atoms with Crippen molar-refractivity contribution in [3.63, 3.8) is 0 Å². The van der Waals surface area contributed by atoms with Crippen LogP contribution in [0.15, 0.2) is 55.0 Å². The Labute approximate surface area is 164 Å². The molecule has 1 aromatic carbocycles. The summed E-state index contributed by atoms with van der Waals surface area (Å²) in [4.78, 5) is 34.4. The number of hydrogen-bond acceptors (Lipinski definition) is 3. The number of benzene rings is 1. The highest BCUT2D eigenvalue weighted by molar-refractivity contribution is 5.93. The highest BCUT2D eigenvalue weighted by atomic mass is 16.2. The molecule has 0 aliphatic carbocycles.